The van der Waals surface area contributed by atoms with Crippen LogP contribution in [0.4, 0.5) is 13.2 Å². The Kier molecular flexibility index (Phi) is 3.01. The summed E-state index contributed by atoms with van der Waals surface area (Å²) in [5, 5.41) is 8.95. The molecule has 0 heterocycles. The van der Waals surface area contributed by atoms with Gasteiger partial charge in [0, 0.05) is 0 Å². The summed E-state index contributed by atoms with van der Waals surface area (Å²) in [6.07, 6.45) is 0. The molecule has 0 aliphatic heterocycles. The summed E-state index contributed by atoms with van der Waals surface area (Å²) in [7, 11) is -4.51. The van der Waals surface area contributed by atoms with Crippen molar-refractivity contribution >= 4 is 10.1 Å². The smallest absolute Gasteiger partial charge is 0.301 e. The molecule has 0 spiro atoms. The van der Waals surface area contributed by atoms with Gasteiger partial charge in [0.15, 0.2) is 22.2 Å². The summed E-state index contributed by atoms with van der Waals surface area (Å²) in [6.45, 7) is 0. The average Bonchev–Trinajstić information content (AvgIpc) is 2.14. The second kappa shape index (κ2) is 3.83. The van der Waals surface area contributed by atoms with E-state index in [9.17, 15) is 21.6 Å². The van der Waals surface area contributed by atoms with Gasteiger partial charge in [-0.25, -0.2) is 4.39 Å². The third-order valence-electron chi connectivity index (χ3n) is 1.68. The Hall–Kier alpha value is -1.48. The molecule has 0 saturated carbocycles. The number of aromatic hydroxyl groups is 1. The Balaban J connectivity index is 3.82. The molecular formula is C7H5F3O5S. The van der Waals surface area contributed by atoms with E-state index in [1.807, 2.05) is 0 Å². The zero-order chi connectivity index (χ0) is 12.7. The number of methoxy groups -OCH3 is 1. The van der Waals surface area contributed by atoms with Gasteiger partial charge in [0.1, 0.15) is 0 Å². The Morgan fingerprint density at radius 2 is 1.62 bits per heavy atom. The average molecular weight is 258 g/mol. The highest BCUT2D eigenvalue weighted by molar-refractivity contribution is 7.86. The molecule has 0 fully saturated rings. The Morgan fingerprint density at radius 3 is 2.00 bits per heavy atom. The van der Waals surface area contributed by atoms with Gasteiger partial charge in [0.05, 0.1) is 7.11 Å². The van der Waals surface area contributed by atoms with Gasteiger partial charge in [-0.05, 0) is 0 Å². The van der Waals surface area contributed by atoms with E-state index in [1.165, 1.54) is 0 Å². The fraction of sp³-hybridized carbons (Fsp3) is 0.143. The topological polar surface area (TPSA) is 83.8 Å². The maximum atomic E-state index is 13.1. The van der Waals surface area contributed by atoms with Crippen molar-refractivity contribution in [3.63, 3.8) is 0 Å². The Labute approximate surface area is 87.8 Å². The lowest BCUT2D eigenvalue weighted by molar-refractivity contribution is 0.316. The zero-order valence-electron chi connectivity index (χ0n) is 7.66. The minimum Gasteiger partial charge on any atom is -0.504 e. The number of rotatable bonds is 2. The highest BCUT2D eigenvalue weighted by Crippen LogP contribution is 2.37. The number of hydrogen-bond donors (Lipinski definition) is 2. The van der Waals surface area contributed by atoms with Crippen LogP contribution in [-0.4, -0.2) is 25.2 Å². The SMILES string of the molecule is COc1c(F)c(O)c(S(=O)(=O)O)c(F)c1F. The van der Waals surface area contributed by atoms with Crippen molar-refractivity contribution in [2.45, 2.75) is 4.90 Å². The van der Waals surface area contributed by atoms with Crippen molar-refractivity contribution < 1.29 is 36.0 Å². The minimum atomic E-state index is -5.29. The molecule has 90 valence electrons. The molecule has 0 saturated heterocycles. The van der Waals surface area contributed by atoms with Crippen LogP contribution in [0, 0.1) is 17.5 Å². The van der Waals surface area contributed by atoms with E-state index < -0.39 is 44.0 Å². The van der Waals surface area contributed by atoms with E-state index in [-0.39, 0.29) is 0 Å². The second-order valence-electron chi connectivity index (χ2n) is 2.63. The minimum absolute atomic E-state index is 0.785. The molecule has 1 aromatic carbocycles. The van der Waals surface area contributed by atoms with Crippen molar-refractivity contribution in [3.8, 4) is 11.5 Å². The largest absolute Gasteiger partial charge is 0.504 e. The molecule has 0 amide bonds. The van der Waals surface area contributed by atoms with Crippen molar-refractivity contribution in [3.05, 3.63) is 17.5 Å². The van der Waals surface area contributed by atoms with Gasteiger partial charge >= 0.3 is 10.1 Å². The predicted molar refractivity (Wildman–Crippen MR) is 44.3 cm³/mol. The van der Waals surface area contributed by atoms with Crippen LogP contribution < -0.4 is 4.74 Å². The molecule has 16 heavy (non-hydrogen) atoms. The normalized spacial score (nSPS) is 11.6. The van der Waals surface area contributed by atoms with E-state index in [0.29, 0.717) is 0 Å². The number of halogens is 3. The van der Waals surface area contributed by atoms with Crippen molar-refractivity contribution in [2.75, 3.05) is 7.11 Å². The van der Waals surface area contributed by atoms with Crippen molar-refractivity contribution in [2.24, 2.45) is 0 Å². The van der Waals surface area contributed by atoms with Crippen LogP contribution in [0.2, 0.25) is 0 Å². The first-order valence-corrected chi connectivity index (χ1v) is 5.06. The molecule has 1 aromatic rings. The van der Waals surface area contributed by atoms with Crippen LogP contribution in [-0.2, 0) is 10.1 Å². The van der Waals surface area contributed by atoms with Crippen LogP contribution in [0.15, 0.2) is 4.90 Å². The molecule has 0 aliphatic rings. The highest BCUT2D eigenvalue weighted by atomic mass is 32.2. The summed E-state index contributed by atoms with van der Waals surface area (Å²) in [5.74, 6) is -8.96. The van der Waals surface area contributed by atoms with Crippen LogP contribution in [0.3, 0.4) is 0 Å². The number of ether oxygens (including phenoxy) is 1. The fourth-order valence-corrected chi connectivity index (χ4v) is 1.67. The molecule has 5 nitrogen and oxygen atoms in total. The summed E-state index contributed by atoms with van der Waals surface area (Å²) in [4.78, 5) is -1.87. The molecule has 1 rings (SSSR count). The van der Waals surface area contributed by atoms with Crippen molar-refractivity contribution in [1.82, 2.24) is 0 Å². The lowest BCUT2D eigenvalue weighted by Gasteiger charge is -2.09. The molecule has 0 bridgehead atoms. The van der Waals surface area contributed by atoms with Crippen molar-refractivity contribution in [1.29, 1.82) is 0 Å². The van der Waals surface area contributed by atoms with E-state index in [1.54, 1.807) is 0 Å². The molecule has 0 aromatic heterocycles. The summed E-state index contributed by atoms with van der Waals surface area (Å²) in [6, 6.07) is 0. The van der Waals surface area contributed by atoms with E-state index in [2.05, 4.69) is 4.74 Å². The first kappa shape index (κ1) is 12.6. The molecule has 9 heteroatoms. The first-order valence-electron chi connectivity index (χ1n) is 3.62. The van der Waals surface area contributed by atoms with Gasteiger partial charge in [-0.15, -0.1) is 0 Å². The maximum Gasteiger partial charge on any atom is 0.301 e. The van der Waals surface area contributed by atoms with Crippen LogP contribution in [0.5, 0.6) is 11.5 Å². The molecule has 0 radical (unpaired) electrons. The third-order valence-corrected chi connectivity index (χ3v) is 2.56. The van der Waals surface area contributed by atoms with E-state index in [4.69, 9.17) is 9.66 Å². The lowest BCUT2D eigenvalue weighted by Crippen LogP contribution is -2.08. The third kappa shape index (κ3) is 1.78. The van der Waals surface area contributed by atoms with Gasteiger partial charge in [-0.2, -0.15) is 17.2 Å². The van der Waals surface area contributed by atoms with E-state index >= 15 is 0 Å². The van der Waals surface area contributed by atoms with Crippen LogP contribution in [0.25, 0.3) is 0 Å². The highest BCUT2D eigenvalue weighted by Gasteiger charge is 2.32. The fourth-order valence-electron chi connectivity index (χ4n) is 1.02. The molecule has 0 atom stereocenters. The number of phenols is 1. The monoisotopic (exact) mass is 258 g/mol. The number of hydrogen-bond acceptors (Lipinski definition) is 4. The predicted octanol–water partition coefficient (Wildman–Crippen LogP) is 1.06. The van der Waals surface area contributed by atoms with Gasteiger partial charge in [-0.1, -0.05) is 0 Å². The van der Waals surface area contributed by atoms with Gasteiger partial charge in [0.2, 0.25) is 11.6 Å². The maximum absolute atomic E-state index is 13.1. The standard InChI is InChI=1S/C7H5F3O5S/c1-15-6-2(8)3(9)7(16(12,13)14)5(11)4(6)10/h11H,1H3,(H,12,13,14). The number of phenolic OH excluding ortho intramolecular Hbond substituents is 1. The Bertz CT molecular complexity index is 510. The van der Waals surface area contributed by atoms with Crippen LogP contribution in [0.1, 0.15) is 0 Å². The van der Waals surface area contributed by atoms with Crippen LogP contribution >= 0.6 is 0 Å². The molecule has 0 aliphatic carbocycles. The summed E-state index contributed by atoms with van der Waals surface area (Å²) < 4.78 is 72.8. The first-order chi connectivity index (χ1) is 7.21. The number of benzene rings is 1. The lowest BCUT2D eigenvalue weighted by atomic mass is 10.3. The second-order valence-corrected chi connectivity index (χ2v) is 3.99. The van der Waals surface area contributed by atoms with Gasteiger partial charge < -0.3 is 9.84 Å². The zero-order valence-corrected chi connectivity index (χ0v) is 8.48. The summed E-state index contributed by atoms with van der Waals surface area (Å²) >= 11 is 0. The summed E-state index contributed by atoms with van der Waals surface area (Å²) in [5.41, 5.74) is 0. The van der Waals surface area contributed by atoms with E-state index in [0.717, 1.165) is 7.11 Å². The quantitative estimate of drug-likeness (QED) is 0.612. The molecule has 0 unspecified atom stereocenters. The Morgan fingerprint density at radius 1 is 1.12 bits per heavy atom. The molecule has 2 N–H and O–H groups in total. The molecular weight excluding hydrogens is 253 g/mol. The van der Waals surface area contributed by atoms with Gasteiger partial charge in [0.25, 0.3) is 0 Å². The van der Waals surface area contributed by atoms with Gasteiger partial charge in [-0.3, -0.25) is 4.55 Å².